The lowest BCUT2D eigenvalue weighted by Crippen LogP contribution is -2.43. The molecule has 3 rings (SSSR count). The zero-order chi connectivity index (χ0) is 22.6. The molecule has 0 bridgehead atoms. The van der Waals surface area contributed by atoms with E-state index < -0.39 is 23.4 Å². The van der Waals surface area contributed by atoms with Crippen LogP contribution < -0.4 is 10.6 Å². The summed E-state index contributed by atoms with van der Waals surface area (Å²) < 4.78 is 19.1. The van der Waals surface area contributed by atoms with Gasteiger partial charge in [0.15, 0.2) is 0 Å². The van der Waals surface area contributed by atoms with E-state index in [-0.39, 0.29) is 29.7 Å². The lowest BCUT2D eigenvalue weighted by Gasteiger charge is -2.32. The predicted octanol–water partition coefficient (Wildman–Crippen LogP) is 4.73. The number of carbonyl (C=O) groups is 3. The summed E-state index contributed by atoms with van der Waals surface area (Å²) in [5.74, 6) is -1.41. The van der Waals surface area contributed by atoms with E-state index in [0.29, 0.717) is 24.3 Å². The fraction of sp³-hybridized carbons (Fsp3) is 0.409. The molecule has 2 heterocycles. The van der Waals surface area contributed by atoms with Gasteiger partial charge in [0, 0.05) is 13.1 Å². The number of hydrogen-bond acceptors (Lipinski definition) is 5. The average Bonchev–Trinajstić information content (AvgIpc) is 3.23. The molecule has 1 aromatic heterocycles. The van der Waals surface area contributed by atoms with Gasteiger partial charge in [0.05, 0.1) is 22.2 Å². The van der Waals surface area contributed by atoms with Gasteiger partial charge in [0.25, 0.3) is 5.91 Å². The quantitative estimate of drug-likeness (QED) is 0.710. The minimum absolute atomic E-state index is 0.0921. The van der Waals surface area contributed by atoms with Crippen LogP contribution in [0.5, 0.6) is 0 Å². The summed E-state index contributed by atoms with van der Waals surface area (Å²) in [4.78, 5) is 39.9. The molecule has 2 aromatic rings. The monoisotopic (exact) mass is 447 g/mol. The molecule has 3 amide bonds. The second-order valence-electron chi connectivity index (χ2n) is 8.37. The zero-order valence-electron chi connectivity index (χ0n) is 17.7. The second-order valence-corrected chi connectivity index (χ2v) is 9.32. The second kappa shape index (κ2) is 9.47. The highest BCUT2D eigenvalue weighted by Crippen LogP contribution is 2.27. The third-order valence-electron chi connectivity index (χ3n) is 4.69. The summed E-state index contributed by atoms with van der Waals surface area (Å²) >= 11 is 1.36. The number of nitrogens with one attached hydrogen (secondary N) is 2. The number of piperidine rings is 1. The number of hydrogen-bond donors (Lipinski definition) is 2. The van der Waals surface area contributed by atoms with E-state index >= 15 is 0 Å². The maximum absolute atomic E-state index is 13.8. The fourth-order valence-electron chi connectivity index (χ4n) is 3.31. The summed E-state index contributed by atoms with van der Waals surface area (Å²) in [7, 11) is 0. The molecule has 0 aliphatic carbocycles. The number of nitrogens with zero attached hydrogens (tertiary/aromatic N) is 1. The van der Waals surface area contributed by atoms with Gasteiger partial charge in [-0.05, 0) is 63.3 Å². The number of amides is 3. The Bertz CT molecular complexity index is 956. The van der Waals surface area contributed by atoms with Crippen LogP contribution in [0.4, 0.5) is 20.6 Å². The predicted molar refractivity (Wildman–Crippen MR) is 118 cm³/mol. The molecule has 1 unspecified atom stereocenters. The van der Waals surface area contributed by atoms with Gasteiger partial charge >= 0.3 is 6.09 Å². The first-order valence-corrected chi connectivity index (χ1v) is 10.9. The summed E-state index contributed by atoms with van der Waals surface area (Å²) in [6, 6.07) is 7.27. The molecule has 31 heavy (non-hydrogen) atoms. The maximum atomic E-state index is 13.8. The van der Waals surface area contributed by atoms with Crippen molar-refractivity contribution in [1.29, 1.82) is 0 Å². The molecule has 1 aliphatic rings. The van der Waals surface area contributed by atoms with Crippen LogP contribution in [0.25, 0.3) is 0 Å². The van der Waals surface area contributed by atoms with Crippen molar-refractivity contribution in [1.82, 2.24) is 4.90 Å². The Morgan fingerprint density at radius 1 is 1.16 bits per heavy atom. The van der Waals surface area contributed by atoms with E-state index in [2.05, 4.69) is 10.6 Å². The van der Waals surface area contributed by atoms with Crippen molar-refractivity contribution < 1.29 is 23.5 Å². The van der Waals surface area contributed by atoms with E-state index in [1.165, 1.54) is 23.5 Å². The summed E-state index contributed by atoms with van der Waals surface area (Å²) in [6.45, 7) is 6.06. The van der Waals surface area contributed by atoms with Gasteiger partial charge in [-0.3, -0.25) is 14.9 Å². The molecule has 1 saturated heterocycles. The Morgan fingerprint density at radius 2 is 1.94 bits per heavy atom. The van der Waals surface area contributed by atoms with Crippen molar-refractivity contribution in [2.75, 3.05) is 23.7 Å². The normalized spacial score (nSPS) is 16.5. The molecule has 0 radical (unpaired) electrons. The van der Waals surface area contributed by atoms with Crippen LogP contribution in [0.3, 0.4) is 0 Å². The topological polar surface area (TPSA) is 87.7 Å². The van der Waals surface area contributed by atoms with Crippen LogP contribution in [-0.4, -0.2) is 41.5 Å². The third-order valence-corrected chi connectivity index (χ3v) is 5.54. The highest BCUT2D eigenvalue weighted by Gasteiger charge is 2.30. The molecular weight excluding hydrogens is 421 g/mol. The van der Waals surface area contributed by atoms with Crippen LogP contribution in [0.1, 0.15) is 43.3 Å². The molecule has 7 nitrogen and oxygen atoms in total. The molecule has 1 atom stereocenters. The maximum Gasteiger partial charge on any atom is 0.412 e. The number of likely N-dealkylation sites (tertiary alicyclic amines) is 1. The molecular formula is C22H26FN3O4S. The number of carbonyl (C=O) groups excluding carboxylic acids is 3. The van der Waals surface area contributed by atoms with Gasteiger partial charge in [0.1, 0.15) is 11.4 Å². The van der Waals surface area contributed by atoms with Gasteiger partial charge in [-0.2, -0.15) is 0 Å². The third kappa shape index (κ3) is 6.27. The Morgan fingerprint density at radius 3 is 2.61 bits per heavy atom. The van der Waals surface area contributed by atoms with Gasteiger partial charge in [-0.25, -0.2) is 9.18 Å². The number of thiophene rings is 1. The van der Waals surface area contributed by atoms with Crippen molar-refractivity contribution in [2.45, 2.75) is 39.2 Å². The van der Waals surface area contributed by atoms with Crippen molar-refractivity contribution in [2.24, 2.45) is 5.92 Å². The van der Waals surface area contributed by atoms with E-state index in [9.17, 15) is 18.8 Å². The van der Waals surface area contributed by atoms with Crippen molar-refractivity contribution in [3.8, 4) is 0 Å². The van der Waals surface area contributed by atoms with E-state index in [0.717, 1.165) is 6.07 Å². The van der Waals surface area contributed by atoms with E-state index in [1.54, 1.807) is 31.7 Å². The molecule has 1 aliphatic heterocycles. The number of ether oxygens (including phenoxy) is 1. The zero-order valence-corrected chi connectivity index (χ0v) is 18.6. The lowest BCUT2D eigenvalue weighted by molar-refractivity contribution is -0.121. The Labute approximate surface area is 184 Å². The van der Waals surface area contributed by atoms with E-state index in [1.807, 2.05) is 11.4 Å². The van der Waals surface area contributed by atoms with Crippen molar-refractivity contribution in [3.05, 3.63) is 46.4 Å². The van der Waals surface area contributed by atoms with Crippen LogP contribution in [0.15, 0.2) is 35.7 Å². The standard InChI is InChI=1S/C22H26FN3O4S/c1-22(2,3)30-21(29)25-16-9-8-15(23)12-17(16)24-19(27)14-6-4-10-26(13-14)20(28)18-7-5-11-31-18/h5,7-9,11-12,14H,4,6,10,13H2,1-3H3,(H,24,27)(H,25,29). The SMILES string of the molecule is CC(C)(C)OC(=O)Nc1ccc(F)cc1NC(=O)C1CCCN(C(=O)c2cccs2)C1. The van der Waals surface area contributed by atoms with Crippen LogP contribution in [0, 0.1) is 11.7 Å². The summed E-state index contributed by atoms with van der Waals surface area (Å²) in [5, 5.41) is 7.08. The van der Waals surface area contributed by atoms with E-state index in [4.69, 9.17) is 4.74 Å². The summed E-state index contributed by atoms with van der Waals surface area (Å²) in [5.41, 5.74) is -0.335. The highest BCUT2D eigenvalue weighted by atomic mass is 32.1. The molecule has 0 spiro atoms. The minimum atomic E-state index is -0.708. The fourth-order valence-corrected chi connectivity index (χ4v) is 4.00. The summed E-state index contributed by atoms with van der Waals surface area (Å²) in [6.07, 6.45) is 0.603. The number of benzene rings is 1. The molecule has 166 valence electrons. The minimum Gasteiger partial charge on any atom is -0.444 e. The first kappa shape index (κ1) is 22.7. The highest BCUT2D eigenvalue weighted by molar-refractivity contribution is 7.12. The number of halogens is 1. The molecule has 1 aromatic carbocycles. The smallest absolute Gasteiger partial charge is 0.412 e. The number of anilines is 2. The Kier molecular flexibility index (Phi) is 6.94. The van der Waals surface area contributed by atoms with Gasteiger partial charge in [-0.1, -0.05) is 6.07 Å². The first-order valence-electron chi connectivity index (χ1n) is 10.1. The van der Waals surface area contributed by atoms with Crippen LogP contribution in [-0.2, 0) is 9.53 Å². The van der Waals surface area contributed by atoms with Gasteiger partial charge in [-0.15, -0.1) is 11.3 Å². The lowest BCUT2D eigenvalue weighted by atomic mass is 9.96. The largest absolute Gasteiger partial charge is 0.444 e. The van der Waals surface area contributed by atoms with Crippen LogP contribution >= 0.6 is 11.3 Å². The average molecular weight is 448 g/mol. The number of rotatable bonds is 4. The molecule has 0 saturated carbocycles. The van der Waals surface area contributed by atoms with Crippen LogP contribution in [0.2, 0.25) is 0 Å². The first-order chi connectivity index (χ1) is 14.6. The van der Waals surface area contributed by atoms with Crippen molar-refractivity contribution in [3.63, 3.8) is 0 Å². The van der Waals surface area contributed by atoms with Gasteiger partial charge in [0.2, 0.25) is 5.91 Å². The van der Waals surface area contributed by atoms with Crippen molar-refractivity contribution >= 4 is 40.6 Å². The van der Waals surface area contributed by atoms with Gasteiger partial charge < -0.3 is 15.0 Å². The Hall–Kier alpha value is -2.94. The molecule has 1 fully saturated rings. The molecule has 9 heteroatoms. The molecule has 2 N–H and O–H groups in total. The Balaban J connectivity index is 1.68.